The zero-order chi connectivity index (χ0) is 37.2. The van der Waals surface area contributed by atoms with Gasteiger partial charge in [-0.25, -0.2) is 14.0 Å². The number of hydrogen-bond donors (Lipinski definition) is 3. The molecule has 1 saturated heterocycles. The van der Waals surface area contributed by atoms with Gasteiger partial charge in [-0.05, 0) is 80.8 Å². The van der Waals surface area contributed by atoms with Gasteiger partial charge in [-0.1, -0.05) is 24.3 Å². The fourth-order valence-corrected chi connectivity index (χ4v) is 5.71. The van der Waals surface area contributed by atoms with Crippen molar-refractivity contribution in [1.82, 2.24) is 4.90 Å². The molecule has 1 aliphatic rings. The van der Waals surface area contributed by atoms with E-state index in [1.54, 1.807) is 67.3 Å². The molecule has 0 bridgehead atoms. The van der Waals surface area contributed by atoms with Crippen LogP contribution >= 0.6 is 0 Å². The smallest absolute Gasteiger partial charge is 0.430 e. The number of urea groups is 1. The first kappa shape index (κ1) is 39.3. The molecule has 1 heterocycles. The first-order valence-corrected chi connectivity index (χ1v) is 15.7. The number of likely N-dealkylation sites (tertiary alicyclic amines) is 1. The SMILES string of the molecule is CC(C)OC(=O)c1ccc(NC(=O)N([C@@H]2CCC[N+](C)(Cc3ccc(F)cc3)C2)[C@@H](Cc2ccc(O)cc2)C(N)=O)cc1.O=C([O-])C(F)(F)F. The van der Waals surface area contributed by atoms with Crippen molar-refractivity contribution in [3.63, 3.8) is 0 Å². The number of nitrogens with one attached hydrogen (secondary N) is 1. The van der Waals surface area contributed by atoms with Gasteiger partial charge >= 0.3 is 18.2 Å². The standard InChI is InChI=1S/C33H39FN4O5.C2HF3O2/c1-22(2)43-32(41)25-10-14-27(15-11-25)36-33(42)37(30(31(35)40)19-23-8-16-29(39)17-9-23)28-5-4-18-38(3,21-28)20-24-6-12-26(34)13-7-24;3-2(4,5)1(6)7/h6-17,22,28,30H,4-5,18-21H2,1-3H3,(H3-,35,36,39,40,41,42);(H,6,7)/t28-,30+,38?;/m1./s1. The van der Waals surface area contributed by atoms with E-state index in [1.807, 2.05) is 0 Å². The van der Waals surface area contributed by atoms with Crippen LogP contribution in [-0.2, 0) is 27.3 Å². The molecule has 3 amide bonds. The maximum atomic E-state index is 14.0. The van der Waals surface area contributed by atoms with Gasteiger partial charge in [-0.15, -0.1) is 0 Å². The molecule has 4 rings (SSSR count). The summed E-state index contributed by atoms with van der Waals surface area (Å²) >= 11 is 0. The highest BCUT2D eigenvalue weighted by atomic mass is 19.4. The highest BCUT2D eigenvalue weighted by Gasteiger charge is 2.41. The second-order valence-corrected chi connectivity index (χ2v) is 12.5. The average molecular weight is 705 g/mol. The van der Waals surface area contributed by atoms with E-state index in [2.05, 4.69) is 12.4 Å². The van der Waals surface area contributed by atoms with E-state index in [1.165, 1.54) is 24.3 Å². The van der Waals surface area contributed by atoms with Crippen LogP contribution in [0.25, 0.3) is 0 Å². The molecule has 4 N–H and O–H groups in total. The number of benzene rings is 3. The highest BCUT2D eigenvalue weighted by molar-refractivity contribution is 5.95. The van der Waals surface area contributed by atoms with E-state index in [4.69, 9.17) is 20.4 Å². The summed E-state index contributed by atoms with van der Waals surface area (Å²) in [6.07, 6.45) is -3.81. The largest absolute Gasteiger partial charge is 0.542 e. The van der Waals surface area contributed by atoms with Gasteiger partial charge in [0, 0.05) is 17.7 Å². The van der Waals surface area contributed by atoms with Crippen molar-refractivity contribution in [1.29, 1.82) is 0 Å². The van der Waals surface area contributed by atoms with Crippen LogP contribution in [-0.4, -0.2) is 82.9 Å². The monoisotopic (exact) mass is 704 g/mol. The fourth-order valence-electron chi connectivity index (χ4n) is 5.71. The number of anilines is 1. The van der Waals surface area contributed by atoms with Gasteiger partial charge in [0.05, 0.1) is 37.8 Å². The zero-order valence-electron chi connectivity index (χ0n) is 27.8. The number of carbonyl (C=O) groups excluding carboxylic acids is 4. The number of aromatic hydroxyl groups is 1. The summed E-state index contributed by atoms with van der Waals surface area (Å²) in [5, 5.41) is 21.4. The van der Waals surface area contributed by atoms with Crippen LogP contribution in [0.15, 0.2) is 72.8 Å². The normalized spacial score (nSPS) is 17.9. The van der Waals surface area contributed by atoms with Crippen LogP contribution < -0.4 is 16.2 Å². The number of aliphatic carboxylic acids is 1. The number of quaternary nitrogens is 1. The highest BCUT2D eigenvalue weighted by Crippen LogP contribution is 2.28. The Hall–Kier alpha value is -5.18. The van der Waals surface area contributed by atoms with Gasteiger partial charge in [0.2, 0.25) is 5.91 Å². The number of likely N-dealkylation sites (N-methyl/N-ethyl adjacent to an activating group) is 1. The summed E-state index contributed by atoms with van der Waals surface area (Å²) in [7, 11) is 2.10. The molecule has 15 heteroatoms. The van der Waals surface area contributed by atoms with Gasteiger partial charge in [0.25, 0.3) is 0 Å². The molecule has 270 valence electrons. The number of rotatable bonds is 10. The third kappa shape index (κ3) is 11.8. The number of nitrogens with two attached hydrogens (primary N) is 1. The number of phenols is 1. The number of halogens is 4. The Kier molecular flexibility index (Phi) is 13.3. The Bertz CT molecular complexity index is 1620. The van der Waals surface area contributed by atoms with Gasteiger partial charge in [0.15, 0.2) is 0 Å². The molecule has 1 unspecified atom stereocenters. The van der Waals surface area contributed by atoms with E-state index in [-0.39, 0.29) is 30.1 Å². The zero-order valence-corrected chi connectivity index (χ0v) is 27.8. The minimum absolute atomic E-state index is 0.0934. The minimum Gasteiger partial charge on any atom is -0.542 e. The molecule has 3 aromatic rings. The average Bonchev–Trinajstić information content (AvgIpc) is 3.02. The van der Waals surface area contributed by atoms with Gasteiger partial charge in [-0.3, -0.25) is 4.79 Å². The van der Waals surface area contributed by atoms with Crippen molar-refractivity contribution < 1.29 is 56.2 Å². The molecular formula is C35H40F4N4O7. The van der Waals surface area contributed by atoms with Crippen molar-refractivity contribution in [2.45, 2.75) is 64.0 Å². The molecule has 0 radical (unpaired) electrons. The van der Waals surface area contributed by atoms with Crippen LogP contribution in [0.5, 0.6) is 5.75 Å². The first-order valence-electron chi connectivity index (χ1n) is 15.7. The van der Waals surface area contributed by atoms with Crippen LogP contribution in [0.1, 0.15) is 48.2 Å². The lowest BCUT2D eigenvalue weighted by Crippen LogP contribution is -2.62. The number of carbonyl (C=O) groups is 4. The molecule has 3 aromatic carbocycles. The lowest BCUT2D eigenvalue weighted by atomic mass is 9.96. The molecule has 11 nitrogen and oxygen atoms in total. The molecule has 0 saturated carbocycles. The molecule has 0 spiro atoms. The number of carboxylic acids is 1. The number of primary amides is 1. The number of carboxylic acid groups (broad SMARTS) is 1. The van der Waals surface area contributed by atoms with Crippen LogP contribution in [0.4, 0.5) is 28.0 Å². The second-order valence-electron chi connectivity index (χ2n) is 12.5. The molecule has 1 aliphatic heterocycles. The number of amides is 3. The Morgan fingerprint density at radius 3 is 2.08 bits per heavy atom. The van der Waals surface area contributed by atoms with Crippen LogP contribution in [0.3, 0.4) is 0 Å². The molecule has 0 aliphatic carbocycles. The maximum Gasteiger partial charge on any atom is 0.430 e. The summed E-state index contributed by atoms with van der Waals surface area (Å²) in [5.74, 6) is -4.32. The number of nitrogens with zero attached hydrogens (tertiary/aromatic N) is 2. The van der Waals surface area contributed by atoms with Crippen molar-refractivity contribution in [2.75, 3.05) is 25.5 Å². The Morgan fingerprint density at radius 1 is 1.00 bits per heavy atom. The van der Waals surface area contributed by atoms with E-state index >= 15 is 0 Å². The molecular weight excluding hydrogens is 664 g/mol. The summed E-state index contributed by atoms with van der Waals surface area (Å²) < 4.78 is 50.9. The van der Waals surface area contributed by atoms with Crippen molar-refractivity contribution >= 4 is 29.6 Å². The summed E-state index contributed by atoms with van der Waals surface area (Å²) in [6.45, 7) is 5.59. The Balaban J connectivity index is 0.000000872. The molecule has 1 fully saturated rings. The number of alkyl halides is 3. The van der Waals surface area contributed by atoms with Crippen LogP contribution in [0.2, 0.25) is 0 Å². The molecule has 50 heavy (non-hydrogen) atoms. The Labute approximate surface area is 286 Å². The van der Waals surface area contributed by atoms with E-state index in [0.29, 0.717) is 35.2 Å². The Morgan fingerprint density at radius 2 is 1.56 bits per heavy atom. The number of phenolic OH excluding ortho intramolecular Hbond substituents is 1. The van der Waals surface area contributed by atoms with E-state index < -0.39 is 36.1 Å². The summed E-state index contributed by atoms with van der Waals surface area (Å²) in [6, 6.07) is 17.5. The summed E-state index contributed by atoms with van der Waals surface area (Å²) in [5.41, 5.74) is 8.47. The van der Waals surface area contributed by atoms with Crippen molar-refractivity contribution in [2.24, 2.45) is 5.73 Å². The fraction of sp³-hybridized carbons (Fsp3) is 0.371. The maximum absolute atomic E-state index is 14.0. The lowest BCUT2D eigenvalue weighted by Gasteiger charge is -2.46. The second kappa shape index (κ2) is 17.0. The molecule has 0 aromatic heterocycles. The number of ether oxygens (including phenoxy) is 1. The number of esters is 1. The number of hydrogen-bond acceptors (Lipinski definition) is 7. The summed E-state index contributed by atoms with van der Waals surface area (Å²) in [4.78, 5) is 49.6. The van der Waals surface area contributed by atoms with Crippen molar-refractivity contribution in [3.8, 4) is 5.75 Å². The van der Waals surface area contributed by atoms with E-state index in [9.17, 15) is 37.1 Å². The van der Waals surface area contributed by atoms with E-state index in [0.717, 1.165) is 24.1 Å². The predicted molar refractivity (Wildman–Crippen MR) is 173 cm³/mol. The topological polar surface area (TPSA) is 162 Å². The predicted octanol–water partition coefficient (Wildman–Crippen LogP) is 4.13. The van der Waals surface area contributed by atoms with Crippen LogP contribution in [0, 0.1) is 5.82 Å². The van der Waals surface area contributed by atoms with Gasteiger partial charge < -0.3 is 40.2 Å². The quantitative estimate of drug-likeness (QED) is 0.162. The van der Waals surface area contributed by atoms with Crippen molar-refractivity contribution in [3.05, 3.63) is 95.3 Å². The molecule has 3 atom stereocenters. The minimum atomic E-state index is -5.19. The van der Waals surface area contributed by atoms with Gasteiger partial charge in [-0.2, -0.15) is 13.2 Å². The third-order valence-corrected chi connectivity index (χ3v) is 7.97. The number of piperidine rings is 1. The van der Waals surface area contributed by atoms with Gasteiger partial charge in [0.1, 0.15) is 30.1 Å². The first-order chi connectivity index (χ1) is 23.4. The third-order valence-electron chi connectivity index (χ3n) is 7.97. The lowest BCUT2D eigenvalue weighted by molar-refractivity contribution is -0.928.